The molecule has 3 heteroatoms. The van der Waals surface area contributed by atoms with Crippen molar-refractivity contribution in [2.45, 2.75) is 25.8 Å². The van der Waals surface area contributed by atoms with Crippen molar-refractivity contribution in [1.29, 1.82) is 0 Å². The second-order valence-corrected chi connectivity index (χ2v) is 5.75. The first kappa shape index (κ1) is 13.5. The fourth-order valence-corrected chi connectivity index (χ4v) is 3.38. The van der Waals surface area contributed by atoms with Gasteiger partial charge in [-0.2, -0.15) is 0 Å². The van der Waals surface area contributed by atoms with Gasteiger partial charge in [0.1, 0.15) is 0 Å². The van der Waals surface area contributed by atoms with Crippen molar-refractivity contribution in [2.24, 2.45) is 5.73 Å². The van der Waals surface area contributed by atoms with Crippen LogP contribution in [0.25, 0.3) is 0 Å². The van der Waals surface area contributed by atoms with Crippen LogP contribution in [-0.4, -0.2) is 12.6 Å². The van der Waals surface area contributed by atoms with Gasteiger partial charge in [0.25, 0.3) is 0 Å². The van der Waals surface area contributed by atoms with E-state index in [0.717, 1.165) is 23.6 Å². The second kappa shape index (κ2) is 5.47. The van der Waals surface area contributed by atoms with Gasteiger partial charge < -0.3 is 10.6 Å². The van der Waals surface area contributed by atoms with E-state index in [2.05, 4.69) is 42.2 Å². The monoisotopic (exact) mass is 286 g/mol. The van der Waals surface area contributed by atoms with Gasteiger partial charge in [-0.25, -0.2) is 0 Å². The van der Waals surface area contributed by atoms with Crippen molar-refractivity contribution >= 4 is 23.0 Å². The lowest BCUT2D eigenvalue weighted by molar-refractivity contribution is 0.754. The molecule has 1 heterocycles. The van der Waals surface area contributed by atoms with Crippen molar-refractivity contribution in [3.05, 3.63) is 58.6 Å². The maximum atomic E-state index is 6.49. The van der Waals surface area contributed by atoms with E-state index in [1.165, 1.54) is 16.8 Å². The summed E-state index contributed by atoms with van der Waals surface area (Å²) in [7, 11) is 0. The fourth-order valence-electron chi connectivity index (χ4n) is 3.09. The van der Waals surface area contributed by atoms with Crippen molar-refractivity contribution in [2.75, 3.05) is 11.4 Å². The van der Waals surface area contributed by atoms with Crippen molar-refractivity contribution in [3.8, 4) is 0 Å². The van der Waals surface area contributed by atoms with Gasteiger partial charge in [0.2, 0.25) is 0 Å². The lowest BCUT2D eigenvalue weighted by atomic mass is 10.1. The predicted molar refractivity (Wildman–Crippen MR) is 86.0 cm³/mol. The number of nitrogens with zero attached hydrogens (tertiary/aromatic N) is 1. The van der Waals surface area contributed by atoms with Crippen LogP contribution in [0, 0.1) is 0 Å². The maximum absolute atomic E-state index is 6.49. The Morgan fingerprint density at radius 1 is 1.20 bits per heavy atom. The molecule has 0 fully saturated rings. The molecule has 0 spiro atoms. The second-order valence-electron chi connectivity index (χ2n) is 5.34. The quantitative estimate of drug-likeness (QED) is 0.926. The minimum atomic E-state index is 0.420. The smallest absolute Gasteiger partial charge is 0.0646 e. The van der Waals surface area contributed by atoms with Crippen molar-refractivity contribution < 1.29 is 0 Å². The van der Waals surface area contributed by atoms with Gasteiger partial charge in [0.05, 0.1) is 10.7 Å². The third kappa shape index (κ3) is 2.19. The summed E-state index contributed by atoms with van der Waals surface area (Å²) in [6.45, 7) is 2.88. The van der Waals surface area contributed by atoms with Gasteiger partial charge in [-0.1, -0.05) is 41.9 Å². The van der Waals surface area contributed by atoms with Crippen molar-refractivity contribution in [1.82, 2.24) is 0 Å². The van der Waals surface area contributed by atoms with Gasteiger partial charge in [-0.3, -0.25) is 0 Å². The van der Waals surface area contributed by atoms with Gasteiger partial charge in [-0.05, 0) is 49.6 Å². The van der Waals surface area contributed by atoms with Crippen molar-refractivity contribution in [3.63, 3.8) is 0 Å². The SMILES string of the molecule is CC1Cc2ccccc2N1c1c(Cl)cccc1CCN. The highest BCUT2D eigenvalue weighted by atomic mass is 35.5. The number of benzene rings is 2. The number of fused-ring (bicyclic) bond motifs is 1. The summed E-state index contributed by atoms with van der Waals surface area (Å²) in [5.41, 5.74) is 10.8. The first-order chi connectivity index (χ1) is 9.72. The first-order valence-corrected chi connectivity index (χ1v) is 7.44. The molecule has 2 aromatic carbocycles. The van der Waals surface area contributed by atoms with Gasteiger partial charge in [0.15, 0.2) is 0 Å². The molecule has 2 nitrogen and oxygen atoms in total. The molecule has 0 saturated carbocycles. The Morgan fingerprint density at radius 2 is 2.00 bits per heavy atom. The lowest BCUT2D eigenvalue weighted by Crippen LogP contribution is -2.25. The Morgan fingerprint density at radius 3 is 2.80 bits per heavy atom. The van der Waals surface area contributed by atoms with Crippen LogP contribution < -0.4 is 10.6 Å². The number of anilines is 2. The third-order valence-electron chi connectivity index (χ3n) is 3.93. The topological polar surface area (TPSA) is 29.3 Å². The summed E-state index contributed by atoms with van der Waals surface area (Å²) in [5, 5.41) is 0.805. The van der Waals surface area contributed by atoms with Gasteiger partial charge in [0, 0.05) is 11.7 Å². The van der Waals surface area contributed by atoms with Crippen LogP contribution in [0.2, 0.25) is 5.02 Å². The Bertz CT molecular complexity index is 624. The van der Waals surface area contributed by atoms with Crippen LogP contribution in [0.3, 0.4) is 0 Å². The van der Waals surface area contributed by atoms with Crippen LogP contribution in [0.1, 0.15) is 18.1 Å². The molecule has 0 saturated heterocycles. The Labute approximate surface area is 125 Å². The minimum Gasteiger partial charge on any atom is -0.337 e. The normalized spacial score (nSPS) is 17.4. The molecule has 104 valence electrons. The Balaban J connectivity index is 2.14. The van der Waals surface area contributed by atoms with Gasteiger partial charge in [-0.15, -0.1) is 0 Å². The number of para-hydroxylation sites is 2. The van der Waals surface area contributed by atoms with Crippen LogP contribution in [0.4, 0.5) is 11.4 Å². The molecule has 3 rings (SSSR count). The summed E-state index contributed by atoms with van der Waals surface area (Å²) >= 11 is 6.49. The molecular weight excluding hydrogens is 268 g/mol. The van der Waals surface area contributed by atoms with Crippen LogP contribution >= 0.6 is 11.6 Å². The summed E-state index contributed by atoms with van der Waals surface area (Å²) in [5.74, 6) is 0. The predicted octanol–water partition coefficient (Wildman–Crippen LogP) is 3.92. The fraction of sp³-hybridized carbons (Fsp3) is 0.294. The van der Waals surface area contributed by atoms with Crippen LogP contribution in [0.15, 0.2) is 42.5 Å². The molecule has 0 aromatic heterocycles. The zero-order valence-electron chi connectivity index (χ0n) is 11.6. The molecule has 0 aliphatic carbocycles. The van der Waals surface area contributed by atoms with E-state index in [9.17, 15) is 0 Å². The number of rotatable bonds is 3. The van der Waals surface area contributed by atoms with E-state index in [1.807, 2.05) is 12.1 Å². The number of hydrogen-bond donors (Lipinski definition) is 1. The minimum absolute atomic E-state index is 0.420. The Kier molecular flexibility index (Phi) is 3.68. The third-order valence-corrected chi connectivity index (χ3v) is 4.24. The maximum Gasteiger partial charge on any atom is 0.0646 e. The zero-order valence-corrected chi connectivity index (χ0v) is 12.4. The largest absolute Gasteiger partial charge is 0.337 e. The first-order valence-electron chi connectivity index (χ1n) is 7.07. The molecular formula is C17H19ClN2. The molecule has 1 aliphatic rings. The van der Waals surface area contributed by atoms with Crippen LogP contribution in [-0.2, 0) is 12.8 Å². The Hall–Kier alpha value is -1.51. The number of nitrogens with two attached hydrogens (primary N) is 1. The summed E-state index contributed by atoms with van der Waals surface area (Å²) in [6, 6.07) is 15.1. The highest BCUT2D eigenvalue weighted by Crippen LogP contribution is 2.42. The zero-order chi connectivity index (χ0) is 14.1. The van der Waals surface area contributed by atoms with E-state index in [4.69, 9.17) is 17.3 Å². The van der Waals surface area contributed by atoms with E-state index in [1.54, 1.807) is 0 Å². The summed E-state index contributed by atoms with van der Waals surface area (Å²) < 4.78 is 0. The molecule has 1 atom stereocenters. The lowest BCUT2D eigenvalue weighted by Gasteiger charge is -2.28. The molecule has 20 heavy (non-hydrogen) atoms. The molecule has 2 N–H and O–H groups in total. The highest BCUT2D eigenvalue weighted by Gasteiger charge is 2.29. The highest BCUT2D eigenvalue weighted by molar-refractivity contribution is 6.33. The molecule has 0 radical (unpaired) electrons. The summed E-state index contributed by atoms with van der Waals surface area (Å²) in [6.07, 6.45) is 1.91. The van der Waals surface area contributed by atoms with Gasteiger partial charge >= 0.3 is 0 Å². The standard InChI is InChI=1S/C17H19ClN2/c1-12-11-14-5-2-3-8-16(14)20(12)17-13(9-10-19)6-4-7-15(17)18/h2-8,12H,9-11,19H2,1H3. The number of halogens is 1. The van der Waals surface area contributed by atoms with E-state index >= 15 is 0 Å². The average Bonchev–Trinajstić information content (AvgIpc) is 2.76. The molecule has 0 bridgehead atoms. The van der Waals surface area contributed by atoms with E-state index < -0.39 is 0 Å². The average molecular weight is 287 g/mol. The molecule has 1 unspecified atom stereocenters. The van der Waals surface area contributed by atoms with Crippen LogP contribution in [0.5, 0.6) is 0 Å². The summed E-state index contributed by atoms with van der Waals surface area (Å²) in [4.78, 5) is 2.36. The molecule has 0 amide bonds. The van der Waals surface area contributed by atoms with E-state index in [0.29, 0.717) is 12.6 Å². The molecule has 2 aromatic rings. The number of hydrogen-bond acceptors (Lipinski definition) is 2. The molecule has 1 aliphatic heterocycles. The van der Waals surface area contributed by atoms with E-state index in [-0.39, 0.29) is 0 Å².